The fourth-order valence-electron chi connectivity index (χ4n) is 0.965. The number of likely N-dealkylation sites (N-methyl/N-ethyl adjacent to an activating group) is 1. The van der Waals surface area contributed by atoms with Crippen LogP contribution in [0.4, 0.5) is 0 Å². The molecule has 0 rings (SSSR count). The topological polar surface area (TPSA) is 35.9 Å². The Morgan fingerprint density at radius 3 is 2.29 bits per heavy atom. The van der Waals surface area contributed by atoms with Crippen LogP contribution >= 0.6 is 0 Å². The van der Waals surface area contributed by atoms with Crippen molar-refractivity contribution in [1.29, 1.82) is 5.41 Å². The molecule has 0 saturated heterocycles. The zero-order valence-corrected chi connectivity index (χ0v) is 12.2. The molecule has 0 spiro atoms. The van der Waals surface area contributed by atoms with Crippen LogP contribution < -0.4 is 5.32 Å². The van der Waals surface area contributed by atoms with Gasteiger partial charge in [-0.3, -0.25) is 0 Å². The predicted octanol–water partition coefficient (Wildman–Crippen LogP) is 2.06. The zero-order valence-electron chi connectivity index (χ0n) is 9.22. The monoisotopic (exact) mass is 362 g/mol. The van der Waals surface area contributed by atoms with Gasteiger partial charge in [-0.1, -0.05) is 0 Å². The standard InChI is InChI=1S/C11H18N2.W/c1-5-10(8-12)11(13-4)7-6-9(2)3;/h6-9,12-13H,1-4H3;/b7-6-,11-10+,12-8?;. The van der Waals surface area contributed by atoms with E-state index in [1.165, 1.54) is 29.5 Å². The first-order chi connectivity index (χ1) is 6.52. The van der Waals surface area contributed by atoms with Crippen LogP contribution in [0.25, 0.3) is 0 Å². The summed E-state index contributed by atoms with van der Waals surface area (Å²) in [4.78, 5) is 0. The second kappa shape index (κ2) is 6.89. The van der Waals surface area contributed by atoms with Crippen molar-refractivity contribution in [3.63, 3.8) is 0 Å². The molecule has 0 aliphatic heterocycles. The first-order valence-corrected chi connectivity index (χ1v) is 6.11. The Bertz CT molecular complexity index is 275. The second-order valence-corrected chi connectivity index (χ2v) is 5.58. The van der Waals surface area contributed by atoms with Crippen molar-refractivity contribution in [2.24, 2.45) is 5.92 Å². The number of hydrogen-bond acceptors (Lipinski definition) is 2. The molecule has 0 aliphatic rings. The van der Waals surface area contributed by atoms with Gasteiger partial charge >= 0.3 is 97.4 Å². The summed E-state index contributed by atoms with van der Waals surface area (Å²) in [6.07, 6.45) is 5.60. The Kier molecular flexibility index (Phi) is 6.65. The summed E-state index contributed by atoms with van der Waals surface area (Å²) in [5.41, 5.74) is 2.03. The maximum atomic E-state index is 7.35. The van der Waals surface area contributed by atoms with Gasteiger partial charge in [0.1, 0.15) is 0 Å². The molecule has 2 N–H and O–H groups in total. The molecule has 0 fully saturated rings. The van der Waals surface area contributed by atoms with Crippen LogP contribution in [-0.2, 0) is 19.4 Å². The first kappa shape index (κ1) is 13.5. The van der Waals surface area contributed by atoms with E-state index in [-0.39, 0.29) is 0 Å². The molecule has 0 aromatic heterocycles. The van der Waals surface area contributed by atoms with Gasteiger partial charge in [0.25, 0.3) is 0 Å². The molecular weight excluding hydrogens is 344 g/mol. The summed E-state index contributed by atoms with van der Waals surface area (Å²) < 4.78 is 1.23. The van der Waals surface area contributed by atoms with Crippen LogP contribution in [0, 0.1) is 11.3 Å². The number of allylic oxidation sites excluding steroid dienone is 3. The van der Waals surface area contributed by atoms with E-state index >= 15 is 0 Å². The number of nitrogens with one attached hydrogen (secondary N) is 2. The molecule has 0 saturated carbocycles. The average molecular weight is 362 g/mol. The Balaban J connectivity index is 4.99. The van der Waals surface area contributed by atoms with Crippen molar-refractivity contribution in [3.05, 3.63) is 23.4 Å². The van der Waals surface area contributed by atoms with Crippen molar-refractivity contribution in [1.82, 2.24) is 5.32 Å². The Morgan fingerprint density at radius 2 is 2.00 bits per heavy atom. The van der Waals surface area contributed by atoms with Crippen molar-refractivity contribution >= 4 is 10.1 Å². The SMILES string of the molecule is CNC(/C=C\C(C)C)=C(/C=N)[C](C)=[W]. The van der Waals surface area contributed by atoms with Gasteiger partial charge in [0.05, 0.1) is 0 Å². The molecule has 0 aliphatic carbocycles. The van der Waals surface area contributed by atoms with Crippen LogP contribution in [0.2, 0.25) is 0 Å². The van der Waals surface area contributed by atoms with Gasteiger partial charge in [-0.15, -0.1) is 0 Å². The zero-order chi connectivity index (χ0) is 11.1. The van der Waals surface area contributed by atoms with E-state index in [4.69, 9.17) is 5.41 Å². The molecular formula is C11H18N2W. The summed E-state index contributed by atoms with van der Waals surface area (Å²) in [5.74, 6) is 0.537. The van der Waals surface area contributed by atoms with Crippen molar-refractivity contribution in [2.45, 2.75) is 20.8 Å². The summed E-state index contributed by atoms with van der Waals surface area (Å²) in [7, 11) is 1.89. The van der Waals surface area contributed by atoms with Crippen molar-refractivity contribution in [2.75, 3.05) is 7.05 Å². The summed E-state index contributed by atoms with van der Waals surface area (Å²) in [6, 6.07) is 0. The second-order valence-electron chi connectivity index (χ2n) is 3.38. The molecule has 2 nitrogen and oxygen atoms in total. The van der Waals surface area contributed by atoms with E-state index in [0.29, 0.717) is 5.92 Å². The van der Waals surface area contributed by atoms with E-state index in [1.807, 2.05) is 7.05 Å². The molecule has 0 radical (unpaired) electrons. The van der Waals surface area contributed by atoms with E-state index in [1.54, 1.807) is 0 Å². The van der Waals surface area contributed by atoms with Gasteiger partial charge < -0.3 is 0 Å². The molecule has 14 heavy (non-hydrogen) atoms. The van der Waals surface area contributed by atoms with E-state index < -0.39 is 0 Å². The molecule has 0 unspecified atom stereocenters. The van der Waals surface area contributed by atoms with Gasteiger partial charge in [0, 0.05) is 0 Å². The predicted molar refractivity (Wildman–Crippen MR) is 59.5 cm³/mol. The minimum absolute atomic E-state index is 0.537. The summed E-state index contributed by atoms with van der Waals surface area (Å²) >= 11 is 1.41. The summed E-state index contributed by atoms with van der Waals surface area (Å²) in [6.45, 7) is 6.33. The first-order valence-electron chi connectivity index (χ1n) is 4.64. The number of hydrogen-bond donors (Lipinski definition) is 2. The number of rotatable bonds is 5. The van der Waals surface area contributed by atoms with Crippen molar-refractivity contribution in [3.8, 4) is 0 Å². The Labute approximate surface area is 97.4 Å². The van der Waals surface area contributed by atoms with E-state index in [9.17, 15) is 0 Å². The third kappa shape index (κ3) is 4.66. The van der Waals surface area contributed by atoms with Gasteiger partial charge in [-0.25, -0.2) is 0 Å². The Hall–Kier alpha value is -0.492. The fourth-order valence-corrected chi connectivity index (χ4v) is 1.57. The quantitative estimate of drug-likeness (QED) is 0.570. The third-order valence-electron chi connectivity index (χ3n) is 1.73. The molecule has 0 bridgehead atoms. The van der Waals surface area contributed by atoms with Crippen LogP contribution in [0.1, 0.15) is 20.8 Å². The van der Waals surface area contributed by atoms with Gasteiger partial charge in [0.15, 0.2) is 0 Å². The fraction of sp³-hybridized carbons (Fsp3) is 0.455. The van der Waals surface area contributed by atoms with Crippen LogP contribution in [0.3, 0.4) is 0 Å². The molecule has 3 heteroatoms. The minimum atomic E-state index is 0.537. The van der Waals surface area contributed by atoms with Crippen LogP contribution in [0.5, 0.6) is 0 Å². The van der Waals surface area contributed by atoms with E-state index in [0.717, 1.165) is 11.3 Å². The van der Waals surface area contributed by atoms with Gasteiger partial charge in [-0.2, -0.15) is 0 Å². The van der Waals surface area contributed by atoms with Crippen LogP contribution in [-0.4, -0.2) is 17.2 Å². The van der Waals surface area contributed by atoms with Crippen molar-refractivity contribution < 1.29 is 19.4 Å². The molecule has 0 amide bonds. The summed E-state index contributed by atoms with van der Waals surface area (Å²) in [5, 5.41) is 10.5. The Morgan fingerprint density at radius 1 is 1.43 bits per heavy atom. The molecule has 0 aromatic carbocycles. The molecule has 0 atom stereocenters. The maximum absolute atomic E-state index is 7.35. The van der Waals surface area contributed by atoms with Crippen LogP contribution in [0.15, 0.2) is 23.4 Å². The average Bonchev–Trinajstić information content (AvgIpc) is 2.10. The molecule has 0 heterocycles. The molecule has 0 aromatic rings. The van der Waals surface area contributed by atoms with Gasteiger partial charge in [0.2, 0.25) is 0 Å². The third-order valence-corrected chi connectivity index (χ3v) is 2.52. The molecule has 78 valence electrons. The normalized spacial score (nSPS) is 12.9. The van der Waals surface area contributed by atoms with E-state index in [2.05, 4.69) is 38.2 Å². The van der Waals surface area contributed by atoms with Gasteiger partial charge in [-0.05, 0) is 0 Å².